The monoisotopic (exact) mass is 279 g/mol. The van der Waals surface area contributed by atoms with Gasteiger partial charge in [-0.05, 0) is 18.6 Å². The van der Waals surface area contributed by atoms with Crippen LogP contribution >= 0.6 is 0 Å². The lowest BCUT2D eigenvalue weighted by Gasteiger charge is -2.12. The molecule has 0 radical (unpaired) electrons. The van der Waals surface area contributed by atoms with Gasteiger partial charge in [-0.15, -0.1) is 0 Å². The van der Waals surface area contributed by atoms with Gasteiger partial charge in [0.05, 0.1) is 0 Å². The first-order chi connectivity index (χ1) is 9.76. The van der Waals surface area contributed by atoms with Gasteiger partial charge in [-0.25, -0.2) is 0 Å². The summed E-state index contributed by atoms with van der Waals surface area (Å²) in [5, 5.41) is 9.18. The van der Waals surface area contributed by atoms with Gasteiger partial charge in [-0.3, -0.25) is 9.79 Å². The minimum Gasteiger partial charge on any atom is -0.356 e. The van der Waals surface area contributed by atoms with Crippen LogP contribution in [-0.2, 0) is 11.3 Å². The summed E-state index contributed by atoms with van der Waals surface area (Å²) in [6.07, 6.45) is 5.46. The Kier molecular flexibility index (Phi) is 7.95. The van der Waals surface area contributed by atoms with Gasteiger partial charge < -0.3 is 20.5 Å². The Morgan fingerprint density at radius 3 is 2.45 bits per heavy atom. The van der Waals surface area contributed by atoms with Crippen LogP contribution in [0.2, 0.25) is 0 Å². The molecular formula is C14H25N5O. The second-order valence-electron chi connectivity index (χ2n) is 4.45. The van der Waals surface area contributed by atoms with Crippen molar-refractivity contribution in [3.05, 3.63) is 24.5 Å². The van der Waals surface area contributed by atoms with Crippen molar-refractivity contribution in [2.45, 2.75) is 26.3 Å². The Bertz CT molecular complexity index is 400. The molecule has 0 atom stereocenters. The molecule has 0 aliphatic rings. The van der Waals surface area contributed by atoms with Crippen molar-refractivity contribution < 1.29 is 4.79 Å². The average Bonchev–Trinajstić information content (AvgIpc) is 2.96. The highest BCUT2D eigenvalue weighted by atomic mass is 16.1. The van der Waals surface area contributed by atoms with Crippen molar-refractivity contribution >= 4 is 11.9 Å². The Labute approximate surface area is 120 Å². The number of hydrogen-bond acceptors (Lipinski definition) is 2. The zero-order valence-corrected chi connectivity index (χ0v) is 12.4. The van der Waals surface area contributed by atoms with Gasteiger partial charge in [0.2, 0.25) is 5.91 Å². The number of carbonyl (C=O) groups excluding carboxylic acids is 1. The van der Waals surface area contributed by atoms with Gasteiger partial charge in [-0.1, -0.05) is 6.92 Å². The van der Waals surface area contributed by atoms with Crippen molar-refractivity contribution in [3.8, 4) is 0 Å². The Morgan fingerprint density at radius 1 is 1.10 bits per heavy atom. The van der Waals surface area contributed by atoms with Crippen LogP contribution < -0.4 is 16.0 Å². The Balaban J connectivity index is 2.12. The smallest absolute Gasteiger partial charge is 0.221 e. The lowest BCUT2D eigenvalue weighted by atomic mass is 10.4. The number of rotatable bonds is 8. The molecule has 6 heteroatoms. The van der Waals surface area contributed by atoms with E-state index >= 15 is 0 Å². The molecule has 0 saturated carbocycles. The standard InChI is InChI=1S/C14H25N5O/c1-3-7-16-13(20)6-8-17-14(15-2)18-9-12-19-10-4-5-11-19/h4-5,10-11H,3,6-9,12H2,1-2H3,(H,16,20)(H2,15,17,18). The minimum absolute atomic E-state index is 0.0714. The molecule has 3 N–H and O–H groups in total. The van der Waals surface area contributed by atoms with E-state index in [1.807, 2.05) is 31.5 Å². The van der Waals surface area contributed by atoms with Gasteiger partial charge in [-0.2, -0.15) is 0 Å². The molecule has 6 nitrogen and oxygen atoms in total. The highest BCUT2D eigenvalue weighted by molar-refractivity contribution is 5.81. The fraction of sp³-hybridized carbons (Fsp3) is 0.571. The fourth-order valence-corrected chi connectivity index (χ4v) is 1.69. The number of guanidine groups is 1. The first kappa shape index (κ1) is 16.1. The van der Waals surface area contributed by atoms with E-state index in [-0.39, 0.29) is 5.91 Å². The van der Waals surface area contributed by atoms with E-state index in [2.05, 4.69) is 25.5 Å². The Morgan fingerprint density at radius 2 is 1.80 bits per heavy atom. The average molecular weight is 279 g/mol. The van der Waals surface area contributed by atoms with Crippen LogP contribution in [0.15, 0.2) is 29.5 Å². The van der Waals surface area contributed by atoms with Gasteiger partial charge in [0.15, 0.2) is 5.96 Å². The maximum Gasteiger partial charge on any atom is 0.221 e. The van der Waals surface area contributed by atoms with E-state index in [9.17, 15) is 4.79 Å². The van der Waals surface area contributed by atoms with Crippen LogP contribution in [0.3, 0.4) is 0 Å². The molecule has 0 saturated heterocycles. The third-order valence-electron chi connectivity index (χ3n) is 2.77. The molecule has 0 spiro atoms. The zero-order chi connectivity index (χ0) is 14.6. The summed E-state index contributed by atoms with van der Waals surface area (Å²) in [6, 6.07) is 4.00. The van der Waals surface area contributed by atoms with Crippen LogP contribution in [0.25, 0.3) is 0 Å². The molecule has 1 amide bonds. The third kappa shape index (κ3) is 6.82. The van der Waals surface area contributed by atoms with Crippen LogP contribution in [0.1, 0.15) is 19.8 Å². The maximum atomic E-state index is 11.4. The van der Waals surface area contributed by atoms with Crippen molar-refractivity contribution in [1.29, 1.82) is 0 Å². The van der Waals surface area contributed by atoms with Gasteiger partial charge >= 0.3 is 0 Å². The highest BCUT2D eigenvalue weighted by Gasteiger charge is 2.01. The van der Waals surface area contributed by atoms with E-state index in [1.54, 1.807) is 7.05 Å². The second-order valence-corrected chi connectivity index (χ2v) is 4.45. The molecule has 0 bridgehead atoms. The number of amides is 1. The molecule has 0 aliphatic carbocycles. The Hall–Kier alpha value is -1.98. The summed E-state index contributed by atoms with van der Waals surface area (Å²) >= 11 is 0. The molecule has 1 aromatic heterocycles. The minimum atomic E-state index is 0.0714. The predicted octanol–water partition coefficient (Wildman–Crippen LogP) is 0.569. The maximum absolute atomic E-state index is 11.4. The van der Waals surface area contributed by atoms with Gasteiger partial charge in [0, 0.05) is 52.0 Å². The lowest BCUT2D eigenvalue weighted by Crippen LogP contribution is -2.40. The summed E-state index contributed by atoms with van der Waals surface area (Å²) in [5.74, 6) is 0.794. The van der Waals surface area contributed by atoms with Crippen LogP contribution in [0.4, 0.5) is 0 Å². The molecule has 1 aromatic rings. The van der Waals surface area contributed by atoms with E-state index < -0.39 is 0 Å². The molecule has 0 fully saturated rings. The van der Waals surface area contributed by atoms with Crippen molar-refractivity contribution in [3.63, 3.8) is 0 Å². The molecular weight excluding hydrogens is 254 g/mol. The summed E-state index contributed by atoms with van der Waals surface area (Å²) in [7, 11) is 1.72. The number of nitrogens with one attached hydrogen (secondary N) is 3. The van der Waals surface area contributed by atoms with Crippen LogP contribution in [-0.4, -0.2) is 43.1 Å². The van der Waals surface area contributed by atoms with Crippen molar-refractivity contribution in [2.75, 3.05) is 26.7 Å². The van der Waals surface area contributed by atoms with E-state index in [1.165, 1.54) is 0 Å². The summed E-state index contributed by atoms with van der Waals surface area (Å²) in [6.45, 7) is 5.03. The third-order valence-corrected chi connectivity index (χ3v) is 2.77. The highest BCUT2D eigenvalue weighted by Crippen LogP contribution is 1.88. The molecule has 1 rings (SSSR count). The van der Waals surface area contributed by atoms with Crippen LogP contribution in [0, 0.1) is 0 Å². The first-order valence-corrected chi connectivity index (χ1v) is 7.08. The largest absolute Gasteiger partial charge is 0.356 e. The van der Waals surface area contributed by atoms with E-state index in [0.717, 1.165) is 32.0 Å². The number of nitrogens with zero attached hydrogens (tertiary/aromatic N) is 2. The number of carbonyl (C=O) groups is 1. The molecule has 112 valence electrons. The first-order valence-electron chi connectivity index (χ1n) is 7.08. The van der Waals surface area contributed by atoms with E-state index in [0.29, 0.717) is 13.0 Å². The molecule has 1 heterocycles. The summed E-state index contributed by atoms with van der Waals surface area (Å²) in [5.41, 5.74) is 0. The molecule has 0 aliphatic heterocycles. The summed E-state index contributed by atoms with van der Waals surface area (Å²) < 4.78 is 2.10. The second kappa shape index (κ2) is 9.89. The fourth-order valence-electron chi connectivity index (χ4n) is 1.69. The number of aromatic nitrogens is 1. The molecule has 0 aromatic carbocycles. The zero-order valence-electron chi connectivity index (χ0n) is 12.4. The SMILES string of the molecule is CCCNC(=O)CCNC(=NC)NCCn1cccc1. The quantitative estimate of drug-likeness (QED) is 0.481. The van der Waals surface area contributed by atoms with E-state index in [4.69, 9.17) is 0 Å². The predicted molar refractivity (Wildman–Crippen MR) is 81.7 cm³/mol. The normalized spacial score (nSPS) is 11.2. The molecule has 20 heavy (non-hydrogen) atoms. The number of aliphatic imine (C=N–C) groups is 1. The van der Waals surface area contributed by atoms with Crippen molar-refractivity contribution in [2.24, 2.45) is 4.99 Å². The topological polar surface area (TPSA) is 70.4 Å². The summed E-state index contributed by atoms with van der Waals surface area (Å²) in [4.78, 5) is 15.5. The van der Waals surface area contributed by atoms with Crippen molar-refractivity contribution in [1.82, 2.24) is 20.5 Å². The number of hydrogen-bond donors (Lipinski definition) is 3. The lowest BCUT2D eigenvalue weighted by molar-refractivity contribution is -0.120. The van der Waals surface area contributed by atoms with Gasteiger partial charge in [0.1, 0.15) is 0 Å². The van der Waals surface area contributed by atoms with Gasteiger partial charge in [0.25, 0.3) is 0 Å². The molecule has 0 unspecified atom stereocenters. The van der Waals surface area contributed by atoms with Crippen LogP contribution in [0.5, 0.6) is 0 Å².